The summed E-state index contributed by atoms with van der Waals surface area (Å²) in [5, 5.41) is 6.33. The highest BCUT2D eigenvalue weighted by Crippen LogP contribution is 2.21. The van der Waals surface area contributed by atoms with Gasteiger partial charge in [0.2, 0.25) is 0 Å². The molecule has 0 saturated carbocycles. The van der Waals surface area contributed by atoms with Crippen molar-refractivity contribution >= 4 is 57.9 Å². The average molecular weight is 442 g/mol. The molecule has 0 spiro atoms. The van der Waals surface area contributed by atoms with Crippen LogP contribution < -0.4 is 11.2 Å². The number of para-hydroxylation sites is 1. The Morgan fingerprint density at radius 3 is 2.93 bits per heavy atom. The Morgan fingerprint density at radius 1 is 1.30 bits per heavy atom. The maximum atomic E-state index is 12.3. The lowest BCUT2D eigenvalue weighted by Crippen LogP contribution is -2.39. The van der Waals surface area contributed by atoms with Crippen molar-refractivity contribution in [3.05, 3.63) is 76.6 Å². The standard InChI is InChI=1S/C22H20ClN5O.ClH/c1-13-6-7-14-9-16(21(23)27-20(14)8-13)12-26-28-22(29)18(24)10-15-11-25-19-5-3-2-4-17(15)19;/h2-9,11-12,18,25H,10,24H2,1H3,(H,28,29);1H/b26-12+;/t18-;/m0./s1. The molecule has 4 aromatic rings. The number of carbonyl (C=O) groups is 1. The van der Waals surface area contributed by atoms with Gasteiger partial charge in [-0.15, -0.1) is 12.4 Å². The molecule has 8 heteroatoms. The van der Waals surface area contributed by atoms with Gasteiger partial charge < -0.3 is 10.7 Å². The molecule has 2 aromatic carbocycles. The van der Waals surface area contributed by atoms with E-state index in [2.05, 4.69) is 20.5 Å². The molecule has 0 bridgehead atoms. The molecule has 2 aromatic heterocycles. The number of fused-ring (bicyclic) bond motifs is 2. The third-order valence-electron chi connectivity index (χ3n) is 4.78. The molecule has 4 N–H and O–H groups in total. The molecule has 0 aliphatic heterocycles. The second-order valence-electron chi connectivity index (χ2n) is 6.97. The van der Waals surface area contributed by atoms with Gasteiger partial charge in [-0.25, -0.2) is 10.4 Å². The zero-order valence-corrected chi connectivity index (χ0v) is 17.8. The maximum Gasteiger partial charge on any atom is 0.257 e. The molecule has 0 aliphatic carbocycles. The van der Waals surface area contributed by atoms with Crippen LogP contribution in [0, 0.1) is 6.92 Å². The van der Waals surface area contributed by atoms with Crippen molar-refractivity contribution in [2.45, 2.75) is 19.4 Å². The van der Waals surface area contributed by atoms with E-state index in [0.29, 0.717) is 17.1 Å². The summed E-state index contributed by atoms with van der Waals surface area (Å²) in [7, 11) is 0. The number of halogens is 2. The Hall–Kier alpha value is -2.93. The van der Waals surface area contributed by atoms with E-state index < -0.39 is 6.04 Å². The molecule has 4 rings (SSSR count). The second kappa shape index (κ2) is 9.26. The molecule has 0 radical (unpaired) electrons. The van der Waals surface area contributed by atoms with Crippen molar-refractivity contribution < 1.29 is 4.79 Å². The minimum absolute atomic E-state index is 0. The number of amides is 1. The normalized spacial score (nSPS) is 12.2. The number of aromatic amines is 1. The summed E-state index contributed by atoms with van der Waals surface area (Å²) in [5.41, 5.74) is 13.1. The molecule has 154 valence electrons. The fraction of sp³-hybridized carbons (Fsp3) is 0.136. The molecule has 1 atom stereocenters. The molecule has 0 aliphatic rings. The number of aromatic nitrogens is 2. The van der Waals surface area contributed by atoms with Gasteiger partial charge in [-0.1, -0.05) is 41.9 Å². The lowest BCUT2D eigenvalue weighted by Gasteiger charge is -2.09. The highest BCUT2D eigenvalue weighted by atomic mass is 35.5. The molecule has 1 amide bonds. The predicted molar refractivity (Wildman–Crippen MR) is 124 cm³/mol. The topological polar surface area (TPSA) is 96.2 Å². The van der Waals surface area contributed by atoms with E-state index in [9.17, 15) is 4.79 Å². The fourth-order valence-electron chi connectivity index (χ4n) is 3.24. The number of aryl methyl sites for hydroxylation is 1. The van der Waals surface area contributed by atoms with E-state index in [4.69, 9.17) is 17.3 Å². The quantitative estimate of drug-likeness (QED) is 0.247. The Labute approximate surface area is 184 Å². The van der Waals surface area contributed by atoms with E-state index in [1.54, 1.807) is 0 Å². The Balaban J connectivity index is 0.00000256. The first-order valence-corrected chi connectivity index (χ1v) is 9.59. The Kier molecular flexibility index (Phi) is 6.72. The number of hydrogen-bond acceptors (Lipinski definition) is 4. The minimum atomic E-state index is -0.723. The number of H-pyrrole nitrogens is 1. The number of pyridine rings is 1. The summed E-state index contributed by atoms with van der Waals surface area (Å²) < 4.78 is 0. The molecule has 30 heavy (non-hydrogen) atoms. The highest BCUT2D eigenvalue weighted by Gasteiger charge is 2.15. The van der Waals surface area contributed by atoms with E-state index in [-0.39, 0.29) is 18.3 Å². The van der Waals surface area contributed by atoms with Crippen LogP contribution in [-0.4, -0.2) is 28.1 Å². The van der Waals surface area contributed by atoms with Crippen LogP contribution >= 0.6 is 24.0 Å². The average Bonchev–Trinajstić information content (AvgIpc) is 3.11. The first-order chi connectivity index (χ1) is 14.0. The number of hydrogen-bond donors (Lipinski definition) is 3. The van der Waals surface area contributed by atoms with Crippen molar-refractivity contribution in [2.24, 2.45) is 10.8 Å². The van der Waals surface area contributed by atoms with Crippen LogP contribution in [0.1, 0.15) is 16.7 Å². The van der Waals surface area contributed by atoms with Crippen molar-refractivity contribution in [3.8, 4) is 0 Å². The molecule has 0 unspecified atom stereocenters. The van der Waals surface area contributed by atoms with Crippen LogP contribution in [0.25, 0.3) is 21.8 Å². The van der Waals surface area contributed by atoms with Crippen LogP contribution in [0.5, 0.6) is 0 Å². The zero-order valence-electron chi connectivity index (χ0n) is 16.2. The molecule has 0 saturated heterocycles. The van der Waals surface area contributed by atoms with Gasteiger partial charge in [0.15, 0.2) is 0 Å². The van der Waals surface area contributed by atoms with Crippen LogP contribution in [0.4, 0.5) is 0 Å². The fourth-order valence-corrected chi connectivity index (χ4v) is 3.43. The van der Waals surface area contributed by atoms with Crippen LogP contribution in [0.15, 0.2) is 59.8 Å². The smallest absolute Gasteiger partial charge is 0.257 e. The second-order valence-corrected chi connectivity index (χ2v) is 7.33. The van der Waals surface area contributed by atoms with E-state index in [0.717, 1.165) is 32.9 Å². The summed E-state index contributed by atoms with van der Waals surface area (Å²) in [4.78, 5) is 19.9. The number of rotatable bonds is 5. The number of hydrazone groups is 1. The predicted octanol–water partition coefficient (Wildman–Crippen LogP) is 4.12. The van der Waals surface area contributed by atoms with Crippen molar-refractivity contribution in [3.63, 3.8) is 0 Å². The third-order valence-corrected chi connectivity index (χ3v) is 5.09. The number of carbonyl (C=O) groups excluding carboxylic acids is 1. The lowest BCUT2D eigenvalue weighted by molar-refractivity contribution is -0.122. The van der Waals surface area contributed by atoms with Gasteiger partial charge in [0, 0.05) is 28.0 Å². The van der Waals surface area contributed by atoms with Gasteiger partial charge in [0.05, 0.1) is 17.8 Å². The lowest BCUT2D eigenvalue weighted by atomic mass is 10.1. The van der Waals surface area contributed by atoms with Crippen LogP contribution in [0.2, 0.25) is 5.15 Å². The van der Waals surface area contributed by atoms with E-state index in [1.807, 2.05) is 61.7 Å². The summed E-state index contributed by atoms with van der Waals surface area (Å²) in [6.45, 7) is 2.00. The molecule has 2 heterocycles. The molecular formula is C22H21Cl2N5O. The highest BCUT2D eigenvalue weighted by molar-refractivity contribution is 6.32. The summed E-state index contributed by atoms with van der Waals surface area (Å²) in [6, 6.07) is 15.0. The summed E-state index contributed by atoms with van der Waals surface area (Å²) in [6.07, 6.45) is 3.76. The van der Waals surface area contributed by atoms with E-state index in [1.165, 1.54) is 6.21 Å². The van der Waals surface area contributed by atoms with Gasteiger partial charge in [-0.3, -0.25) is 4.79 Å². The number of nitrogens with one attached hydrogen (secondary N) is 2. The van der Waals surface area contributed by atoms with Gasteiger partial charge in [0.25, 0.3) is 5.91 Å². The Bertz CT molecular complexity index is 1230. The largest absolute Gasteiger partial charge is 0.361 e. The molecule has 6 nitrogen and oxygen atoms in total. The van der Waals surface area contributed by atoms with Crippen molar-refractivity contribution in [1.82, 2.24) is 15.4 Å². The molecular weight excluding hydrogens is 421 g/mol. The third kappa shape index (κ3) is 4.62. The first kappa shape index (κ1) is 21.8. The molecule has 0 fully saturated rings. The number of nitrogens with two attached hydrogens (primary N) is 1. The van der Waals surface area contributed by atoms with E-state index >= 15 is 0 Å². The number of nitrogens with zero attached hydrogens (tertiary/aromatic N) is 2. The van der Waals surface area contributed by atoms with Gasteiger partial charge >= 0.3 is 0 Å². The van der Waals surface area contributed by atoms with Gasteiger partial charge in [-0.05, 0) is 42.7 Å². The SMILES string of the molecule is Cc1ccc2cc(/C=N/NC(=O)[C@@H](N)Cc3c[nH]c4ccccc34)c(Cl)nc2c1.Cl. The minimum Gasteiger partial charge on any atom is -0.361 e. The van der Waals surface area contributed by atoms with Crippen molar-refractivity contribution in [2.75, 3.05) is 0 Å². The van der Waals surface area contributed by atoms with Crippen LogP contribution in [-0.2, 0) is 11.2 Å². The van der Waals surface area contributed by atoms with Crippen LogP contribution in [0.3, 0.4) is 0 Å². The number of benzene rings is 2. The Morgan fingerprint density at radius 2 is 2.10 bits per heavy atom. The van der Waals surface area contributed by atoms with Crippen molar-refractivity contribution in [1.29, 1.82) is 0 Å². The zero-order chi connectivity index (χ0) is 20.4. The first-order valence-electron chi connectivity index (χ1n) is 9.21. The summed E-state index contributed by atoms with van der Waals surface area (Å²) >= 11 is 6.24. The van der Waals surface area contributed by atoms with Gasteiger partial charge in [-0.2, -0.15) is 5.10 Å². The maximum absolute atomic E-state index is 12.3. The van der Waals surface area contributed by atoms with Gasteiger partial charge in [0.1, 0.15) is 5.15 Å². The monoisotopic (exact) mass is 441 g/mol. The summed E-state index contributed by atoms with van der Waals surface area (Å²) in [5.74, 6) is -0.368.